The predicted molar refractivity (Wildman–Crippen MR) is 262 cm³/mol. The van der Waals surface area contributed by atoms with Crippen LogP contribution in [0.15, 0.2) is 156 Å². The Hall–Kier alpha value is -7.73. The fourth-order valence-electron chi connectivity index (χ4n) is 8.04. The Morgan fingerprint density at radius 3 is 1.86 bits per heavy atom. The average molecular weight is 873 g/mol. The quantitative estimate of drug-likeness (QED) is 0.133. The molecule has 6 aromatic carbocycles. The number of amides is 2. The van der Waals surface area contributed by atoms with E-state index in [1.54, 1.807) is 18.4 Å². The Morgan fingerprint density at radius 2 is 1.19 bits per heavy atom. The first-order valence-corrected chi connectivity index (χ1v) is 22.3. The number of ether oxygens (including phenoxy) is 1. The van der Waals surface area contributed by atoms with Crippen molar-refractivity contribution in [1.82, 2.24) is 20.3 Å². The Labute approximate surface area is 377 Å². The Bertz CT molecular complexity index is 3400. The summed E-state index contributed by atoms with van der Waals surface area (Å²) in [6, 6.07) is 47.2. The highest BCUT2D eigenvalue weighted by atomic mass is 32.1. The zero-order chi connectivity index (χ0) is 43.9. The smallest absolute Gasteiger partial charge is 0.257 e. The molecule has 9 nitrogen and oxygen atoms in total. The third-order valence-electron chi connectivity index (χ3n) is 11.2. The molecule has 0 spiro atoms. The molecule has 1 aliphatic heterocycles. The van der Waals surface area contributed by atoms with Gasteiger partial charge < -0.3 is 20.4 Å². The third-order valence-corrected chi connectivity index (χ3v) is 13.3. The van der Waals surface area contributed by atoms with E-state index in [1.165, 1.54) is 11.3 Å². The minimum Gasteiger partial charge on any atom is -0.497 e. The molecule has 3 N–H and O–H groups in total. The molecule has 10 rings (SSSR count). The van der Waals surface area contributed by atoms with Gasteiger partial charge in [-0.3, -0.25) is 9.59 Å². The number of nitrogens with one attached hydrogen (secondary N) is 3. The SMILES string of the molecule is COc1ccc2nc(C3=C(c4ccccc4)C(=Cc4[nH]c(NC(=O)c5ccccc5C)c(-c5nc6ccc(C)cc6s5)c4-c4ccccc4)N=C3NC(=O)c3ccccc3C)sc2c1. The van der Waals surface area contributed by atoms with Crippen LogP contribution in [0.5, 0.6) is 5.75 Å². The summed E-state index contributed by atoms with van der Waals surface area (Å²) in [6.07, 6.45) is 2.00. The molecule has 0 atom stereocenters. The minimum absolute atomic E-state index is 0.254. The first-order valence-electron chi connectivity index (χ1n) is 20.7. The number of thiazole rings is 2. The molecule has 64 heavy (non-hydrogen) atoms. The van der Waals surface area contributed by atoms with Gasteiger partial charge in [0, 0.05) is 22.3 Å². The highest BCUT2D eigenvalue weighted by Crippen LogP contribution is 2.47. The molecule has 9 aromatic rings. The van der Waals surface area contributed by atoms with Crippen molar-refractivity contribution >= 4 is 83.8 Å². The number of fused-ring (bicyclic) bond motifs is 2. The maximum Gasteiger partial charge on any atom is 0.257 e. The molecule has 0 saturated heterocycles. The Morgan fingerprint density at radius 1 is 0.609 bits per heavy atom. The molecular weight excluding hydrogens is 833 g/mol. The number of rotatable bonds is 9. The Balaban J connectivity index is 1.24. The number of methoxy groups -OCH3 is 1. The molecule has 2 amide bonds. The van der Waals surface area contributed by atoms with Gasteiger partial charge in [0.15, 0.2) is 0 Å². The second-order valence-corrected chi connectivity index (χ2v) is 17.6. The first kappa shape index (κ1) is 40.3. The number of allylic oxidation sites excluding steroid dienone is 1. The molecule has 1 aliphatic rings. The molecule has 4 heterocycles. The lowest BCUT2D eigenvalue weighted by molar-refractivity contribution is 0.0975. The van der Waals surface area contributed by atoms with Gasteiger partial charge in [0.2, 0.25) is 0 Å². The lowest BCUT2D eigenvalue weighted by Gasteiger charge is -2.11. The van der Waals surface area contributed by atoms with Crippen LogP contribution in [0.2, 0.25) is 0 Å². The zero-order valence-corrected chi connectivity index (χ0v) is 36.9. The van der Waals surface area contributed by atoms with Crippen LogP contribution in [0.1, 0.15) is 53.7 Å². The van der Waals surface area contributed by atoms with Crippen LogP contribution in [-0.4, -0.2) is 39.7 Å². The maximum absolute atomic E-state index is 14.2. The van der Waals surface area contributed by atoms with Gasteiger partial charge >= 0.3 is 0 Å². The molecule has 0 saturated carbocycles. The van der Waals surface area contributed by atoms with Crippen molar-refractivity contribution in [3.63, 3.8) is 0 Å². The van der Waals surface area contributed by atoms with Crippen molar-refractivity contribution < 1.29 is 14.3 Å². The molecule has 3 aromatic heterocycles. The summed E-state index contributed by atoms with van der Waals surface area (Å²) in [7, 11) is 1.64. The Kier molecular flexibility index (Phi) is 10.6. The van der Waals surface area contributed by atoms with Gasteiger partial charge in [0.25, 0.3) is 11.8 Å². The highest BCUT2D eigenvalue weighted by molar-refractivity contribution is 7.21. The van der Waals surface area contributed by atoms with E-state index < -0.39 is 0 Å². The average Bonchev–Trinajstić information content (AvgIpc) is 4.09. The van der Waals surface area contributed by atoms with E-state index >= 15 is 0 Å². The van der Waals surface area contributed by atoms with E-state index in [9.17, 15) is 9.59 Å². The summed E-state index contributed by atoms with van der Waals surface area (Å²) in [4.78, 5) is 47.7. The number of aliphatic imine (C=N–C) groups is 1. The minimum atomic E-state index is -0.287. The number of amidine groups is 1. The van der Waals surface area contributed by atoms with E-state index in [4.69, 9.17) is 19.7 Å². The van der Waals surface area contributed by atoms with Gasteiger partial charge in [0.1, 0.15) is 27.4 Å². The van der Waals surface area contributed by atoms with Gasteiger partial charge in [-0.1, -0.05) is 103 Å². The number of anilines is 1. The standard InChI is InChI=1S/C53H40N6O3S2/c1-30-23-25-38-42(27-30)63-52(56-38)46-44(33-17-7-5-8-18-33)40(54-48(46)58-50(60)36-21-13-11-15-31(36)2)29-41-45(34-19-9-6-10-20-34)47(53-57-39-26-24-35(62-4)28-43(39)64-53)49(55-41)59-51(61)37-22-14-12-16-32(37)3/h5-29,54H,1-4H3,(H,58,60)(H,55,59,61). The summed E-state index contributed by atoms with van der Waals surface area (Å²) >= 11 is 3.07. The van der Waals surface area contributed by atoms with Crippen LogP contribution in [0.25, 0.3) is 59.4 Å². The molecule has 0 aliphatic carbocycles. The lowest BCUT2D eigenvalue weighted by atomic mass is 9.96. The monoisotopic (exact) mass is 872 g/mol. The van der Waals surface area contributed by atoms with E-state index in [0.29, 0.717) is 44.8 Å². The predicted octanol–water partition coefficient (Wildman–Crippen LogP) is 12.5. The normalized spacial score (nSPS) is 13.2. The van der Waals surface area contributed by atoms with Crippen LogP contribution in [-0.2, 0) is 0 Å². The van der Waals surface area contributed by atoms with E-state index in [-0.39, 0.29) is 11.8 Å². The number of aromatic amines is 1. The summed E-state index contributed by atoms with van der Waals surface area (Å²) in [5, 5.41) is 7.88. The molecular formula is C53H40N6O3S2. The highest BCUT2D eigenvalue weighted by Gasteiger charge is 2.32. The van der Waals surface area contributed by atoms with Crippen LogP contribution < -0.4 is 15.4 Å². The van der Waals surface area contributed by atoms with Crippen LogP contribution >= 0.6 is 22.7 Å². The van der Waals surface area contributed by atoms with Crippen molar-refractivity contribution in [3.8, 4) is 27.4 Å². The number of carbonyl (C=O) groups excluding carboxylic acids is 2. The number of aryl methyl sites for hydroxylation is 3. The fourth-order valence-corrected chi connectivity index (χ4v) is 10.2. The van der Waals surface area contributed by atoms with Crippen LogP contribution in [0.4, 0.5) is 5.82 Å². The van der Waals surface area contributed by atoms with Crippen molar-refractivity contribution in [2.24, 2.45) is 4.99 Å². The van der Waals surface area contributed by atoms with Crippen LogP contribution in [0, 0.1) is 20.8 Å². The van der Waals surface area contributed by atoms with E-state index in [2.05, 4.69) is 46.8 Å². The largest absolute Gasteiger partial charge is 0.497 e. The number of aromatic nitrogens is 3. The van der Waals surface area contributed by atoms with Gasteiger partial charge in [-0.15, -0.1) is 22.7 Å². The summed E-state index contributed by atoms with van der Waals surface area (Å²) in [6.45, 7) is 5.91. The topological polar surface area (TPSA) is 121 Å². The fraction of sp³-hybridized carbons (Fsp3) is 0.0755. The number of carbonyl (C=O) groups is 2. The van der Waals surface area contributed by atoms with Gasteiger partial charge in [0.05, 0.1) is 50.1 Å². The van der Waals surface area contributed by atoms with E-state index in [1.807, 2.05) is 141 Å². The molecule has 11 heteroatoms. The molecule has 0 fully saturated rings. The van der Waals surface area contributed by atoms with Crippen LogP contribution in [0.3, 0.4) is 0 Å². The van der Waals surface area contributed by atoms with Gasteiger partial charge in [-0.25, -0.2) is 15.0 Å². The molecule has 0 radical (unpaired) electrons. The molecule has 0 bridgehead atoms. The number of nitrogens with zero attached hydrogens (tertiary/aromatic N) is 3. The van der Waals surface area contributed by atoms with Gasteiger partial charge in [-0.2, -0.15) is 0 Å². The van der Waals surface area contributed by atoms with Crippen molar-refractivity contribution in [1.29, 1.82) is 0 Å². The summed E-state index contributed by atoms with van der Waals surface area (Å²) in [5.74, 6) is 1.04. The molecule has 0 unspecified atom stereocenters. The number of H-pyrrole nitrogens is 1. The van der Waals surface area contributed by atoms with E-state index in [0.717, 1.165) is 75.7 Å². The van der Waals surface area contributed by atoms with Crippen molar-refractivity contribution in [3.05, 3.63) is 195 Å². The summed E-state index contributed by atoms with van der Waals surface area (Å²) < 4.78 is 7.54. The second kappa shape index (κ2) is 16.9. The zero-order valence-electron chi connectivity index (χ0n) is 35.3. The lowest BCUT2D eigenvalue weighted by Crippen LogP contribution is -2.31. The van der Waals surface area contributed by atoms with Gasteiger partial charge in [-0.05, 0) is 97.1 Å². The third kappa shape index (κ3) is 7.61. The van der Waals surface area contributed by atoms with Crippen molar-refractivity contribution in [2.45, 2.75) is 20.8 Å². The van der Waals surface area contributed by atoms with Crippen molar-refractivity contribution in [2.75, 3.05) is 12.4 Å². The number of benzene rings is 6. The maximum atomic E-state index is 14.2. The number of hydrogen-bond donors (Lipinski definition) is 3. The second-order valence-electron chi connectivity index (χ2n) is 15.5. The number of hydrogen-bond acceptors (Lipinski definition) is 8. The first-order chi connectivity index (χ1) is 31.2. The molecule has 312 valence electrons. The summed E-state index contributed by atoms with van der Waals surface area (Å²) in [5.41, 5.74) is 11.7.